The molecule has 0 radical (unpaired) electrons. The van der Waals surface area contributed by atoms with Gasteiger partial charge >= 0.3 is 0 Å². The van der Waals surface area contributed by atoms with Crippen LogP contribution in [-0.2, 0) is 10.1 Å². The summed E-state index contributed by atoms with van der Waals surface area (Å²) in [7, 11) is -4.36. The van der Waals surface area contributed by atoms with E-state index in [1.165, 1.54) is 12.1 Å². The standard InChI is InChI=1S/C10H7F2N3O3S/c11-8-5-9(12)15-10(14-8)13-6-2-1-3-7(4-6)19(16,17)18/h1-5H,(H,13,14,15)(H,16,17,18). The second-order valence-corrected chi connectivity index (χ2v) is 4.89. The summed E-state index contributed by atoms with van der Waals surface area (Å²) in [6.45, 7) is 0. The molecular formula is C10H7F2N3O3S. The largest absolute Gasteiger partial charge is 0.324 e. The number of hydrogen-bond donors (Lipinski definition) is 2. The van der Waals surface area contributed by atoms with Crippen molar-refractivity contribution < 1.29 is 21.8 Å². The Balaban J connectivity index is 2.33. The molecular weight excluding hydrogens is 280 g/mol. The Morgan fingerprint density at radius 3 is 2.32 bits per heavy atom. The van der Waals surface area contributed by atoms with E-state index in [1.54, 1.807) is 0 Å². The average Bonchev–Trinajstić information content (AvgIpc) is 2.26. The molecule has 0 saturated heterocycles. The molecule has 0 amide bonds. The van der Waals surface area contributed by atoms with E-state index >= 15 is 0 Å². The van der Waals surface area contributed by atoms with Crippen molar-refractivity contribution in [3.8, 4) is 0 Å². The highest BCUT2D eigenvalue weighted by Crippen LogP contribution is 2.18. The monoisotopic (exact) mass is 287 g/mol. The van der Waals surface area contributed by atoms with E-state index in [1.807, 2.05) is 0 Å². The van der Waals surface area contributed by atoms with Gasteiger partial charge in [-0.1, -0.05) is 6.07 Å². The third-order valence-corrected chi connectivity index (χ3v) is 2.90. The van der Waals surface area contributed by atoms with Crippen molar-refractivity contribution in [2.24, 2.45) is 0 Å². The van der Waals surface area contributed by atoms with Gasteiger partial charge in [-0.3, -0.25) is 4.55 Å². The SMILES string of the molecule is O=S(=O)(O)c1cccc(Nc2nc(F)cc(F)n2)c1. The van der Waals surface area contributed by atoms with E-state index in [-0.39, 0.29) is 16.5 Å². The molecule has 6 nitrogen and oxygen atoms in total. The van der Waals surface area contributed by atoms with E-state index in [9.17, 15) is 17.2 Å². The van der Waals surface area contributed by atoms with Gasteiger partial charge in [-0.15, -0.1) is 0 Å². The quantitative estimate of drug-likeness (QED) is 0.660. The fourth-order valence-corrected chi connectivity index (χ4v) is 1.84. The predicted molar refractivity (Wildman–Crippen MR) is 61.5 cm³/mol. The first-order valence-corrected chi connectivity index (χ1v) is 6.33. The Morgan fingerprint density at radius 2 is 1.74 bits per heavy atom. The van der Waals surface area contributed by atoms with E-state index in [0.717, 1.165) is 12.1 Å². The lowest BCUT2D eigenvalue weighted by Gasteiger charge is -2.05. The number of nitrogens with zero attached hydrogens (tertiary/aromatic N) is 2. The van der Waals surface area contributed by atoms with Crippen LogP contribution in [0.2, 0.25) is 0 Å². The minimum absolute atomic E-state index is 0.153. The smallest absolute Gasteiger partial charge is 0.294 e. The Kier molecular flexibility index (Phi) is 3.40. The van der Waals surface area contributed by atoms with Gasteiger partial charge in [-0.05, 0) is 18.2 Å². The molecule has 0 fully saturated rings. The van der Waals surface area contributed by atoms with Crippen LogP contribution < -0.4 is 5.32 Å². The number of benzene rings is 1. The molecule has 2 N–H and O–H groups in total. The zero-order chi connectivity index (χ0) is 14.0. The first-order chi connectivity index (χ1) is 8.84. The van der Waals surface area contributed by atoms with Gasteiger partial charge in [0.05, 0.1) is 4.90 Å². The van der Waals surface area contributed by atoms with Crippen molar-refractivity contribution >= 4 is 21.8 Å². The van der Waals surface area contributed by atoms with Crippen molar-refractivity contribution in [3.05, 3.63) is 42.2 Å². The van der Waals surface area contributed by atoms with Crippen molar-refractivity contribution in [2.75, 3.05) is 5.32 Å². The van der Waals surface area contributed by atoms with Gasteiger partial charge in [-0.25, -0.2) is 0 Å². The van der Waals surface area contributed by atoms with Crippen LogP contribution >= 0.6 is 0 Å². The van der Waals surface area contributed by atoms with Gasteiger partial charge in [0.2, 0.25) is 17.8 Å². The zero-order valence-corrected chi connectivity index (χ0v) is 10.0. The topological polar surface area (TPSA) is 92.2 Å². The van der Waals surface area contributed by atoms with E-state index in [0.29, 0.717) is 6.07 Å². The first-order valence-electron chi connectivity index (χ1n) is 4.89. The summed E-state index contributed by atoms with van der Waals surface area (Å²) >= 11 is 0. The molecule has 0 unspecified atom stereocenters. The van der Waals surface area contributed by atoms with E-state index in [4.69, 9.17) is 4.55 Å². The number of anilines is 2. The fraction of sp³-hybridized carbons (Fsp3) is 0. The number of nitrogens with one attached hydrogen (secondary N) is 1. The molecule has 0 aliphatic heterocycles. The zero-order valence-electron chi connectivity index (χ0n) is 9.21. The van der Waals surface area contributed by atoms with Crippen molar-refractivity contribution in [2.45, 2.75) is 4.90 Å². The average molecular weight is 287 g/mol. The summed E-state index contributed by atoms with van der Waals surface area (Å²) in [4.78, 5) is 6.19. The maximum Gasteiger partial charge on any atom is 0.294 e. The van der Waals surface area contributed by atoms with Crippen LogP contribution in [0.15, 0.2) is 35.2 Å². The lowest BCUT2D eigenvalue weighted by Crippen LogP contribution is -2.03. The number of rotatable bonds is 3. The highest BCUT2D eigenvalue weighted by Gasteiger charge is 2.10. The van der Waals surface area contributed by atoms with E-state index < -0.39 is 22.0 Å². The third kappa shape index (κ3) is 3.42. The molecule has 2 aromatic rings. The summed E-state index contributed by atoms with van der Waals surface area (Å²) in [6.07, 6.45) is 0. The molecule has 0 bridgehead atoms. The van der Waals surface area contributed by atoms with Gasteiger partial charge in [0.25, 0.3) is 10.1 Å². The highest BCUT2D eigenvalue weighted by molar-refractivity contribution is 7.85. The van der Waals surface area contributed by atoms with Gasteiger partial charge in [0.1, 0.15) is 0 Å². The van der Waals surface area contributed by atoms with Crippen molar-refractivity contribution in [3.63, 3.8) is 0 Å². The number of aromatic nitrogens is 2. The number of hydrogen-bond acceptors (Lipinski definition) is 5. The van der Waals surface area contributed by atoms with Crippen molar-refractivity contribution in [1.29, 1.82) is 0 Å². The summed E-state index contributed by atoms with van der Waals surface area (Å²) in [5.41, 5.74) is 0.153. The maximum absolute atomic E-state index is 12.8. The second kappa shape index (κ2) is 4.86. The van der Waals surface area contributed by atoms with Crippen molar-refractivity contribution in [1.82, 2.24) is 9.97 Å². The third-order valence-electron chi connectivity index (χ3n) is 2.05. The Bertz CT molecular complexity index is 701. The molecule has 100 valence electrons. The molecule has 0 saturated carbocycles. The van der Waals surface area contributed by atoms with Crippen LogP contribution in [0, 0.1) is 11.9 Å². The molecule has 19 heavy (non-hydrogen) atoms. The Morgan fingerprint density at radius 1 is 1.11 bits per heavy atom. The number of halogens is 2. The van der Waals surface area contributed by atoms with Crippen LogP contribution in [0.1, 0.15) is 0 Å². The fourth-order valence-electron chi connectivity index (χ4n) is 1.31. The van der Waals surface area contributed by atoms with Crippen LogP contribution in [0.3, 0.4) is 0 Å². The van der Waals surface area contributed by atoms with Gasteiger partial charge in [0, 0.05) is 11.8 Å². The Hall–Kier alpha value is -2.13. The summed E-state index contributed by atoms with van der Waals surface area (Å²) < 4.78 is 56.4. The molecule has 0 atom stereocenters. The Labute approximate surface area is 106 Å². The predicted octanol–water partition coefficient (Wildman–Crippen LogP) is 1.75. The normalized spacial score (nSPS) is 11.3. The summed E-state index contributed by atoms with van der Waals surface area (Å²) in [5.74, 6) is -2.51. The summed E-state index contributed by atoms with van der Waals surface area (Å²) in [6, 6.07) is 5.48. The lowest BCUT2D eigenvalue weighted by molar-refractivity contribution is 0.483. The van der Waals surface area contributed by atoms with Crippen LogP contribution in [0.4, 0.5) is 20.4 Å². The van der Waals surface area contributed by atoms with Gasteiger partial charge in [0.15, 0.2) is 0 Å². The first kappa shape index (κ1) is 13.3. The van der Waals surface area contributed by atoms with Crippen LogP contribution in [0.5, 0.6) is 0 Å². The molecule has 1 aromatic heterocycles. The highest BCUT2D eigenvalue weighted by atomic mass is 32.2. The van der Waals surface area contributed by atoms with Crippen LogP contribution in [0.25, 0.3) is 0 Å². The molecule has 0 aliphatic rings. The molecule has 1 heterocycles. The molecule has 9 heteroatoms. The van der Waals surface area contributed by atoms with Crippen LogP contribution in [-0.4, -0.2) is 22.9 Å². The van der Waals surface area contributed by atoms with Gasteiger partial charge in [-0.2, -0.15) is 27.2 Å². The molecule has 1 aromatic carbocycles. The molecule has 2 rings (SSSR count). The lowest BCUT2D eigenvalue weighted by atomic mass is 10.3. The molecule has 0 spiro atoms. The van der Waals surface area contributed by atoms with Gasteiger partial charge < -0.3 is 5.32 Å². The minimum atomic E-state index is -4.36. The molecule has 0 aliphatic carbocycles. The minimum Gasteiger partial charge on any atom is -0.324 e. The second-order valence-electron chi connectivity index (χ2n) is 3.46. The summed E-state index contributed by atoms with van der Waals surface area (Å²) in [5, 5.41) is 2.42. The van der Waals surface area contributed by atoms with E-state index in [2.05, 4.69) is 15.3 Å². The maximum atomic E-state index is 12.8.